The fraction of sp³-hybridized carbons (Fsp3) is 0.136. The Morgan fingerprint density at radius 3 is 2.56 bits per heavy atom. The zero-order valence-electron chi connectivity index (χ0n) is 16.9. The summed E-state index contributed by atoms with van der Waals surface area (Å²) in [4.78, 5) is 13.2. The maximum absolute atomic E-state index is 13.2. The predicted molar refractivity (Wildman–Crippen MR) is 126 cm³/mol. The third-order valence-corrected chi connectivity index (χ3v) is 7.42. The number of nitrogens with one attached hydrogen (secondary N) is 2. The number of sulfonamides is 1. The van der Waals surface area contributed by atoms with Gasteiger partial charge in [-0.05, 0) is 48.7 Å². The van der Waals surface area contributed by atoms with Gasteiger partial charge in [-0.15, -0.1) is 0 Å². The van der Waals surface area contributed by atoms with Gasteiger partial charge in [-0.2, -0.15) is 13.5 Å². The summed E-state index contributed by atoms with van der Waals surface area (Å²) in [6.07, 6.45) is 0.164. The Morgan fingerprint density at radius 2 is 1.78 bits per heavy atom. The zero-order chi connectivity index (χ0) is 22.7. The summed E-state index contributed by atoms with van der Waals surface area (Å²) in [7, 11) is -4.06. The Hall–Kier alpha value is -2.85. The molecule has 0 spiro atoms. The molecule has 2 N–H and O–H groups in total. The molecule has 0 aliphatic rings. The van der Waals surface area contributed by atoms with Crippen molar-refractivity contribution in [2.45, 2.75) is 24.3 Å². The number of fused-ring (bicyclic) bond motifs is 1. The van der Waals surface area contributed by atoms with Crippen LogP contribution in [0.3, 0.4) is 0 Å². The quantitative estimate of drug-likeness (QED) is 0.408. The predicted octanol–water partition coefficient (Wildman–Crippen LogP) is 4.18. The lowest BCUT2D eigenvalue weighted by atomic mass is 10.1. The van der Waals surface area contributed by atoms with Gasteiger partial charge >= 0.3 is 0 Å². The molecule has 0 fully saturated rings. The second-order valence-electron chi connectivity index (χ2n) is 7.15. The van der Waals surface area contributed by atoms with E-state index in [4.69, 9.17) is 11.6 Å². The summed E-state index contributed by atoms with van der Waals surface area (Å²) in [6, 6.07) is 18.0. The average molecular weight is 487 g/mol. The molecule has 4 rings (SSSR count). The van der Waals surface area contributed by atoms with Crippen LogP contribution in [-0.4, -0.2) is 29.1 Å². The molecule has 1 atom stereocenters. The van der Waals surface area contributed by atoms with Gasteiger partial charge in [0.15, 0.2) is 0 Å². The van der Waals surface area contributed by atoms with Crippen LogP contribution in [0, 0.1) is 6.92 Å². The number of benzene rings is 3. The van der Waals surface area contributed by atoms with Gasteiger partial charge in [-0.1, -0.05) is 54.1 Å². The van der Waals surface area contributed by atoms with Crippen LogP contribution in [0.2, 0.25) is 5.02 Å². The summed E-state index contributed by atoms with van der Waals surface area (Å²) < 4.78 is 37.3. The Labute approximate surface area is 194 Å². The molecule has 0 bridgehead atoms. The van der Waals surface area contributed by atoms with Gasteiger partial charge in [0.25, 0.3) is 0 Å². The van der Waals surface area contributed by atoms with E-state index in [1.807, 2.05) is 30.3 Å². The van der Waals surface area contributed by atoms with E-state index >= 15 is 0 Å². The van der Waals surface area contributed by atoms with E-state index < -0.39 is 22.0 Å². The Morgan fingerprint density at radius 1 is 1.03 bits per heavy atom. The molecule has 1 heterocycles. The number of hydrogen-bond acceptors (Lipinski definition) is 6. The third-order valence-electron chi connectivity index (χ3n) is 4.96. The number of rotatable bonds is 7. The van der Waals surface area contributed by atoms with Gasteiger partial charge in [-0.3, -0.25) is 4.79 Å². The fourth-order valence-corrected chi connectivity index (χ4v) is 5.39. The molecular weight excluding hydrogens is 468 g/mol. The molecule has 0 radical (unpaired) electrons. The Bertz CT molecular complexity index is 1370. The number of nitrogens with zero attached hydrogens (tertiary/aromatic N) is 2. The molecular formula is C22H19ClN4O3S2. The van der Waals surface area contributed by atoms with Crippen LogP contribution < -0.4 is 10.0 Å². The Kier molecular flexibility index (Phi) is 6.52. The monoisotopic (exact) mass is 486 g/mol. The summed E-state index contributed by atoms with van der Waals surface area (Å²) >= 11 is 7.09. The van der Waals surface area contributed by atoms with Crippen molar-refractivity contribution in [2.24, 2.45) is 0 Å². The number of anilines is 1. The lowest BCUT2D eigenvalue weighted by molar-refractivity contribution is -0.117. The number of halogens is 1. The zero-order valence-corrected chi connectivity index (χ0v) is 19.3. The minimum Gasteiger partial charge on any atom is -0.324 e. The lowest BCUT2D eigenvalue weighted by Crippen LogP contribution is -2.45. The molecule has 3 aromatic carbocycles. The topological polar surface area (TPSA) is 101 Å². The van der Waals surface area contributed by atoms with Crippen molar-refractivity contribution in [3.8, 4) is 0 Å². The van der Waals surface area contributed by atoms with E-state index in [-0.39, 0.29) is 16.8 Å². The normalized spacial score (nSPS) is 12.6. The smallest absolute Gasteiger partial charge is 0.243 e. The standard InChI is InChI=1S/C22H19ClN4O3S2/c1-14-16(23)9-5-10-17(14)24-22(28)19(13-15-7-3-2-4-8-15)27-32(29,30)20-12-6-11-18-21(20)26-31-25-18/h2-12,19,27H,13H2,1H3,(H,24,28)/t19-/m1/s1. The van der Waals surface area contributed by atoms with Crippen molar-refractivity contribution < 1.29 is 13.2 Å². The van der Waals surface area contributed by atoms with Crippen LogP contribution in [0.1, 0.15) is 11.1 Å². The largest absolute Gasteiger partial charge is 0.324 e. The van der Waals surface area contributed by atoms with Crippen LogP contribution in [0.15, 0.2) is 71.6 Å². The third kappa shape index (κ3) is 4.81. The van der Waals surface area contributed by atoms with Crippen molar-refractivity contribution in [2.75, 3.05) is 5.32 Å². The van der Waals surface area contributed by atoms with Crippen LogP contribution >= 0.6 is 23.3 Å². The molecule has 4 aromatic rings. The number of carbonyl (C=O) groups is 1. The van der Waals surface area contributed by atoms with Gasteiger partial charge in [0.05, 0.1) is 11.7 Å². The van der Waals surface area contributed by atoms with Crippen molar-refractivity contribution in [1.29, 1.82) is 0 Å². The molecule has 0 unspecified atom stereocenters. The van der Waals surface area contributed by atoms with E-state index in [0.717, 1.165) is 17.3 Å². The summed E-state index contributed by atoms with van der Waals surface area (Å²) in [6.45, 7) is 1.78. The van der Waals surface area contributed by atoms with Crippen LogP contribution in [0.5, 0.6) is 0 Å². The molecule has 1 aromatic heterocycles. The highest BCUT2D eigenvalue weighted by Gasteiger charge is 2.28. The molecule has 0 saturated carbocycles. The van der Waals surface area contributed by atoms with Crippen LogP contribution in [0.25, 0.3) is 11.0 Å². The van der Waals surface area contributed by atoms with E-state index in [1.165, 1.54) is 6.07 Å². The highest BCUT2D eigenvalue weighted by atomic mass is 35.5. The SMILES string of the molecule is Cc1c(Cl)cccc1NC(=O)[C@@H](Cc1ccccc1)NS(=O)(=O)c1cccc2nsnc12. The molecule has 0 aliphatic carbocycles. The van der Waals surface area contributed by atoms with Crippen molar-refractivity contribution in [1.82, 2.24) is 13.5 Å². The van der Waals surface area contributed by atoms with Gasteiger partial charge in [0.2, 0.25) is 15.9 Å². The number of aromatic nitrogens is 2. The maximum Gasteiger partial charge on any atom is 0.243 e. The summed E-state index contributed by atoms with van der Waals surface area (Å²) in [5.41, 5.74) is 2.78. The molecule has 0 saturated heterocycles. The van der Waals surface area contributed by atoms with Gasteiger partial charge in [0.1, 0.15) is 22.0 Å². The maximum atomic E-state index is 13.2. The minimum atomic E-state index is -4.06. The van der Waals surface area contributed by atoms with Gasteiger partial charge in [-0.25, -0.2) is 8.42 Å². The molecule has 1 amide bonds. The highest BCUT2D eigenvalue weighted by molar-refractivity contribution is 7.89. The Balaban J connectivity index is 1.66. The minimum absolute atomic E-state index is 0.0199. The van der Waals surface area contributed by atoms with Crippen LogP contribution in [-0.2, 0) is 21.2 Å². The van der Waals surface area contributed by atoms with E-state index in [9.17, 15) is 13.2 Å². The van der Waals surface area contributed by atoms with E-state index in [1.54, 1.807) is 37.3 Å². The van der Waals surface area contributed by atoms with E-state index in [2.05, 4.69) is 18.8 Å². The second kappa shape index (κ2) is 9.33. The molecule has 164 valence electrons. The highest BCUT2D eigenvalue weighted by Crippen LogP contribution is 2.24. The van der Waals surface area contributed by atoms with Crippen molar-refractivity contribution in [3.63, 3.8) is 0 Å². The van der Waals surface area contributed by atoms with Crippen molar-refractivity contribution >= 4 is 56.0 Å². The number of carbonyl (C=O) groups excluding carboxylic acids is 1. The fourth-order valence-electron chi connectivity index (χ4n) is 3.25. The number of hydrogen-bond donors (Lipinski definition) is 2. The summed E-state index contributed by atoms with van der Waals surface area (Å²) in [5, 5.41) is 3.31. The van der Waals surface area contributed by atoms with Crippen LogP contribution in [0.4, 0.5) is 5.69 Å². The van der Waals surface area contributed by atoms with Gasteiger partial charge < -0.3 is 5.32 Å². The van der Waals surface area contributed by atoms with Crippen molar-refractivity contribution in [3.05, 3.63) is 82.9 Å². The second-order valence-corrected chi connectivity index (χ2v) is 9.77. The van der Waals surface area contributed by atoms with E-state index in [0.29, 0.717) is 21.8 Å². The average Bonchev–Trinajstić information content (AvgIpc) is 3.26. The molecule has 0 aliphatic heterocycles. The first-order valence-corrected chi connectivity index (χ1v) is 12.3. The molecule has 32 heavy (non-hydrogen) atoms. The lowest BCUT2D eigenvalue weighted by Gasteiger charge is -2.20. The first kappa shape index (κ1) is 22.3. The molecule has 7 nitrogen and oxygen atoms in total. The number of amides is 1. The molecule has 10 heteroatoms. The van der Waals surface area contributed by atoms with Gasteiger partial charge in [0, 0.05) is 10.7 Å². The summed E-state index contributed by atoms with van der Waals surface area (Å²) in [5.74, 6) is -0.494. The first-order chi connectivity index (χ1) is 15.3. The first-order valence-electron chi connectivity index (χ1n) is 9.68.